The van der Waals surface area contributed by atoms with Gasteiger partial charge < -0.3 is 5.32 Å². The van der Waals surface area contributed by atoms with Crippen LogP contribution in [0.2, 0.25) is 10.0 Å². The van der Waals surface area contributed by atoms with E-state index in [0.717, 1.165) is 5.69 Å². The van der Waals surface area contributed by atoms with Gasteiger partial charge in [-0.2, -0.15) is 0 Å². The van der Waals surface area contributed by atoms with Crippen LogP contribution in [-0.4, -0.2) is 20.7 Å². The number of rotatable bonds is 3. The third-order valence-corrected chi connectivity index (χ3v) is 3.57. The number of halogens is 2. The van der Waals surface area contributed by atoms with Crippen molar-refractivity contribution in [3.8, 4) is 5.69 Å². The lowest BCUT2D eigenvalue weighted by Gasteiger charge is -2.08. The van der Waals surface area contributed by atoms with Gasteiger partial charge in [0.25, 0.3) is 5.91 Å². The van der Waals surface area contributed by atoms with Crippen molar-refractivity contribution in [1.82, 2.24) is 14.8 Å². The van der Waals surface area contributed by atoms with Crippen molar-refractivity contribution in [3.63, 3.8) is 0 Å². The van der Waals surface area contributed by atoms with Crippen LogP contribution in [0.4, 0.5) is 5.69 Å². The lowest BCUT2D eigenvalue weighted by Crippen LogP contribution is -2.12. The molecule has 0 radical (unpaired) electrons. The molecule has 7 heteroatoms. The van der Waals surface area contributed by atoms with Gasteiger partial charge in [0.15, 0.2) is 0 Å². The first-order chi connectivity index (χ1) is 10.6. The smallest absolute Gasteiger partial charge is 0.257 e. The Morgan fingerprint density at radius 1 is 1.00 bits per heavy atom. The highest BCUT2D eigenvalue weighted by molar-refractivity contribution is 6.37. The molecule has 22 heavy (non-hydrogen) atoms. The van der Waals surface area contributed by atoms with Crippen molar-refractivity contribution in [2.45, 2.75) is 0 Å². The number of amides is 1. The molecule has 0 fully saturated rings. The zero-order valence-electron chi connectivity index (χ0n) is 11.2. The zero-order chi connectivity index (χ0) is 15.5. The summed E-state index contributed by atoms with van der Waals surface area (Å²) in [6, 6.07) is 12.0. The molecule has 0 bridgehead atoms. The largest absolute Gasteiger partial charge is 0.322 e. The Morgan fingerprint density at radius 3 is 2.32 bits per heavy atom. The lowest BCUT2D eigenvalue weighted by atomic mass is 10.2. The Hall–Kier alpha value is -2.37. The Morgan fingerprint density at radius 2 is 1.68 bits per heavy atom. The molecule has 3 aromatic rings. The topological polar surface area (TPSA) is 59.8 Å². The third-order valence-electron chi connectivity index (χ3n) is 3.02. The van der Waals surface area contributed by atoms with Crippen LogP contribution in [0.3, 0.4) is 0 Å². The van der Waals surface area contributed by atoms with Crippen molar-refractivity contribution in [3.05, 3.63) is 70.7 Å². The second-order valence-electron chi connectivity index (χ2n) is 4.49. The van der Waals surface area contributed by atoms with Crippen LogP contribution in [0.25, 0.3) is 5.69 Å². The number of benzene rings is 2. The van der Waals surface area contributed by atoms with Crippen LogP contribution in [0, 0.1) is 0 Å². The van der Waals surface area contributed by atoms with E-state index in [4.69, 9.17) is 23.2 Å². The molecule has 1 aromatic heterocycles. The van der Waals surface area contributed by atoms with Crippen molar-refractivity contribution in [2.24, 2.45) is 0 Å². The Labute approximate surface area is 136 Å². The van der Waals surface area contributed by atoms with Crippen LogP contribution in [0.15, 0.2) is 55.1 Å². The number of nitrogens with one attached hydrogen (secondary N) is 1. The Kier molecular flexibility index (Phi) is 4.09. The molecular weight excluding hydrogens is 323 g/mol. The van der Waals surface area contributed by atoms with Gasteiger partial charge in [0.05, 0.1) is 10.6 Å². The predicted molar refractivity (Wildman–Crippen MR) is 85.8 cm³/mol. The highest BCUT2D eigenvalue weighted by Crippen LogP contribution is 2.22. The summed E-state index contributed by atoms with van der Waals surface area (Å²) in [5.41, 5.74) is 1.93. The molecular formula is C15H10Cl2N4O. The van der Waals surface area contributed by atoms with Crippen LogP contribution in [0.5, 0.6) is 0 Å². The molecule has 110 valence electrons. The Balaban J connectivity index is 1.77. The van der Waals surface area contributed by atoms with E-state index in [1.54, 1.807) is 41.5 Å². The second kappa shape index (κ2) is 6.17. The van der Waals surface area contributed by atoms with Crippen LogP contribution in [0.1, 0.15) is 10.4 Å². The number of carbonyl (C=O) groups is 1. The highest BCUT2D eigenvalue weighted by Gasteiger charge is 2.11. The van der Waals surface area contributed by atoms with Crippen LogP contribution >= 0.6 is 23.2 Å². The van der Waals surface area contributed by atoms with Crippen molar-refractivity contribution in [1.29, 1.82) is 0 Å². The molecule has 0 saturated carbocycles. The van der Waals surface area contributed by atoms with Gasteiger partial charge in [-0.3, -0.25) is 9.36 Å². The molecule has 0 aliphatic carbocycles. The molecule has 0 atom stereocenters. The van der Waals surface area contributed by atoms with Crippen molar-refractivity contribution >= 4 is 34.8 Å². The van der Waals surface area contributed by atoms with Gasteiger partial charge in [-0.25, -0.2) is 0 Å². The zero-order valence-corrected chi connectivity index (χ0v) is 12.7. The van der Waals surface area contributed by atoms with Gasteiger partial charge in [0.1, 0.15) is 12.7 Å². The molecule has 0 spiro atoms. The summed E-state index contributed by atoms with van der Waals surface area (Å²) in [4.78, 5) is 12.2. The van der Waals surface area contributed by atoms with E-state index in [9.17, 15) is 4.79 Å². The lowest BCUT2D eigenvalue weighted by molar-refractivity contribution is 0.102. The summed E-state index contributed by atoms with van der Waals surface area (Å²) < 4.78 is 1.77. The van der Waals surface area contributed by atoms with Crippen LogP contribution < -0.4 is 5.32 Å². The van der Waals surface area contributed by atoms with E-state index in [2.05, 4.69) is 15.5 Å². The van der Waals surface area contributed by atoms with E-state index in [1.165, 1.54) is 6.07 Å². The maximum Gasteiger partial charge on any atom is 0.257 e. The fraction of sp³-hybridized carbons (Fsp3) is 0. The first-order valence-corrected chi connectivity index (χ1v) is 7.10. The third kappa shape index (κ3) is 3.10. The van der Waals surface area contributed by atoms with Gasteiger partial charge in [0, 0.05) is 16.4 Å². The summed E-state index contributed by atoms with van der Waals surface area (Å²) in [6.45, 7) is 0. The minimum absolute atomic E-state index is 0.293. The summed E-state index contributed by atoms with van der Waals surface area (Å²) in [6.07, 6.45) is 3.20. The maximum atomic E-state index is 12.2. The number of nitrogens with zero attached hydrogens (tertiary/aromatic N) is 3. The molecule has 3 rings (SSSR count). The van der Waals surface area contributed by atoms with E-state index in [1.807, 2.05) is 12.1 Å². The molecule has 1 heterocycles. The molecule has 0 aliphatic rings. The molecule has 0 aliphatic heterocycles. The van der Waals surface area contributed by atoms with Gasteiger partial charge in [-0.1, -0.05) is 23.2 Å². The standard InChI is InChI=1S/C15H10Cl2N4O/c16-10-1-6-13(14(17)7-10)15(22)20-11-2-4-12(5-3-11)21-8-18-19-9-21/h1-9H,(H,20,22). The van der Waals surface area contributed by atoms with Gasteiger partial charge in [-0.05, 0) is 42.5 Å². The minimum Gasteiger partial charge on any atom is -0.322 e. The van der Waals surface area contributed by atoms with Crippen molar-refractivity contribution < 1.29 is 4.79 Å². The fourth-order valence-corrected chi connectivity index (χ4v) is 2.42. The number of anilines is 1. The normalized spacial score (nSPS) is 10.5. The highest BCUT2D eigenvalue weighted by atomic mass is 35.5. The van der Waals surface area contributed by atoms with E-state index < -0.39 is 0 Å². The molecule has 2 aromatic carbocycles. The summed E-state index contributed by atoms with van der Waals surface area (Å²) in [5.74, 6) is -0.293. The average molecular weight is 333 g/mol. The maximum absolute atomic E-state index is 12.2. The van der Waals surface area contributed by atoms with Gasteiger partial charge >= 0.3 is 0 Å². The van der Waals surface area contributed by atoms with E-state index >= 15 is 0 Å². The second-order valence-corrected chi connectivity index (χ2v) is 5.34. The number of hydrogen-bond acceptors (Lipinski definition) is 3. The van der Waals surface area contributed by atoms with E-state index in [-0.39, 0.29) is 5.91 Å². The van der Waals surface area contributed by atoms with Gasteiger partial charge in [0.2, 0.25) is 0 Å². The molecule has 5 nitrogen and oxygen atoms in total. The SMILES string of the molecule is O=C(Nc1ccc(-n2cnnc2)cc1)c1ccc(Cl)cc1Cl. The summed E-state index contributed by atoms with van der Waals surface area (Å²) in [5, 5.41) is 11.1. The van der Waals surface area contributed by atoms with Crippen molar-refractivity contribution in [2.75, 3.05) is 5.32 Å². The summed E-state index contributed by atoms with van der Waals surface area (Å²) >= 11 is 11.8. The minimum atomic E-state index is -0.293. The van der Waals surface area contributed by atoms with E-state index in [0.29, 0.717) is 21.3 Å². The van der Waals surface area contributed by atoms with Gasteiger partial charge in [-0.15, -0.1) is 10.2 Å². The quantitative estimate of drug-likeness (QED) is 0.792. The fourth-order valence-electron chi connectivity index (χ4n) is 1.92. The monoisotopic (exact) mass is 332 g/mol. The molecule has 0 saturated heterocycles. The molecule has 1 N–H and O–H groups in total. The Bertz CT molecular complexity index is 801. The first kappa shape index (κ1) is 14.6. The van der Waals surface area contributed by atoms with Crippen LogP contribution in [-0.2, 0) is 0 Å². The number of aromatic nitrogens is 3. The number of hydrogen-bond donors (Lipinski definition) is 1. The number of carbonyl (C=O) groups excluding carboxylic acids is 1. The average Bonchev–Trinajstić information content (AvgIpc) is 3.02. The molecule has 1 amide bonds. The molecule has 0 unspecified atom stereocenters. The summed E-state index contributed by atoms with van der Waals surface area (Å²) in [7, 11) is 0. The first-order valence-electron chi connectivity index (χ1n) is 6.35. The predicted octanol–water partition coefficient (Wildman–Crippen LogP) is 3.83.